The van der Waals surface area contributed by atoms with Gasteiger partial charge in [0.05, 0.1) is 18.1 Å². The van der Waals surface area contributed by atoms with E-state index in [2.05, 4.69) is 6.92 Å². The van der Waals surface area contributed by atoms with E-state index in [4.69, 9.17) is 16.7 Å². The maximum absolute atomic E-state index is 9.29. The largest absolute Gasteiger partial charge is 0.394 e. The van der Waals surface area contributed by atoms with Crippen LogP contribution >= 0.6 is 11.6 Å². The zero-order valence-electron chi connectivity index (χ0n) is 11.9. The van der Waals surface area contributed by atoms with Crippen LogP contribution in [-0.2, 0) is 0 Å². The highest BCUT2D eigenvalue weighted by Gasteiger charge is 2.14. The Bertz CT molecular complexity index is 165. The summed E-state index contributed by atoms with van der Waals surface area (Å²) in [6.07, 6.45) is 13.1. The Morgan fingerprint density at radius 1 is 0.833 bits per heavy atom. The van der Waals surface area contributed by atoms with Crippen LogP contribution in [-0.4, -0.2) is 28.3 Å². The van der Waals surface area contributed by atoms with Gasteiger partial charge in [-0.3, -0.25) is 0 Å². The SMILES string of the molecule is CCCCCCCCCCCCC(Cl)C(O)CO. The Morgan fingerprint density at radius 2 is 1.28 bits per heavy atom. The lowest BCUT2D eigenvalue weighted by atomic mass is 10.0. The average Bonchev–Trinajstić information content (AvgIpc) is 2.39. The first-order valence-electron chi connectivity index (χ1n) is 7.65. The maximum Gasteiger partial charge on any atom is 0.0933 e. The Labute approximate surface area is 118 Å². The molecule has 2 N–H and O–H groups in total. The van der Waals surface area contributed by atoms with Crippen molar-refractivity contribution >= 4 is 11.6 Å². The fraction of sp³-hybridized carbons (Fsp3) is 1.00. The molecule has 2 atom stereocenters. The molecule has 0 aliphatic rings. The van der Waals surface area contributed by atoms with E-state index >= 15 is 0 Å². The van der Waals surface area contributed by atoms with Gasteiger partial charge in [-0.05, 0) is 6.42 Å². The first-order chi connectivity index (χ1) is 8.72. The normalized spacial score (nSPS) is 14.7. The van der Waals surface area contributed by atoms with Crippen molar-refractivity contribution in [1.29, 1.82) is 0 Å². The summed E-state index contributed by atoms with van der Waals surface area (Å²) in [5.74, 6) is 0. The molecule has 3 heteroatoms. The summed E-state index contributed by atoms with van der Waals surface area (Å²) in [4.78, 5) is 0. The second-order valence-electron chi connectivity index (χ2n) is 5.24. The third-order valence-corrected chi connectivity index (χ3v) is 3.95. The summed E-state index contributed by atoms with van der Waals surface area (Å²) < 4.78 is 0. The van der Waals surface area contributed by atoms with Crippen LogP contribution in [0, 0.1) is 0 Å². The van der Waals surface area contributed by atoms with E-state index < -0.39 is 6.10 Å². The van der Waals surface area contributed by atoms with E-state index in [-0.39, 0.29) is 12.0 Å². The van der Waals surface area contributed by atoms with E-state index in [1.165, 1.54) is 57.8 Å². The molecule has 110 valence electrons. The van der Waals surface area contributed by atoms with Gasteiger partial charge >= 0.3 is 0 Å². The van der Waals surface area contributed by atoms with Gasteiger partial charge < -0.3 is 10.2 Å². The van der Waals surface area contributed by atoms with E-state index in [0.717, 1.165) is 12.8 Å². The molecule has 0 rings (SSSR count). The van der Waals surface area contributed by atoms with Crippen molar-refractivity contribution in [2.24, 2.45) is 0 Å². The van der Waals surface area contributed by atoms with Crippen molar-refractivity contribution < 1.29 is 10.2 Å². The fourth-order valence-electron chi connectivity index (χ4n) is 2.13. The second-order valence-corrected chi connectivity index (χ2v) is 5.80. The molecule has 0 saturated heterocycles. The minimum absolute atomic E-state index is 0.230. The van der Waals surface area contributed by atoms with E-state index in [1.54, 1.807) is 0 Å². The Morgan fingerprint density at radius 3 is 1.72 bits per heavy atom. The van der Waals surface area contributed by atoms with Gasteiger partial charge in [-0.15, -0.1) is 11.6 Å². The van der Waals surface area contributed by atoms with E-state index in [9.17, 15) is 5.11 Å². The number of rotatable bonds is 13. The quantitative estimate of drug-likeness (QED) is 0.390. The van der Waals surface area contributed by atoms with Crippen LogP contribution in [0.15, 0.2) is 0 Å². The van der Waals surface area contributed by atoms with Gasteiger partial charge in [0.2, 0.25) is 0 Å². The monoisotopic (exact) mass is 278 g/mol. The standard InChI is InChI=1S/C15H31ClO2/c1-2-3-4-5-6-7-8-9-10-11-12-14(16)15(18)13-17/h14-15,17-18H,2-13H2,1H3. The maximum atomic E-state index is 9.29. The van der Waals surface area contributed by atoms with Gasteiger partial charge in [0, 0.05) is 0 Å². The van der Waals surface area contributed by atoms with Gasteiger partial charge in [0.25, 0.3) is 0 Å². The lowest BCUT2D eigenvalue weighted by Gasteiger charge is -2.13. The van der Waals surface area contributed by atoms with Crippen LogP contribution in [0.1, 0.15) is 77.6 Å². The van der Waals surface area contributed by atoms with Gasteiger partial charge in [-0.25, -0.2) is 0 Å². The summed E-state index contributed by atoms with van der Waals surface area (Å²) in [5.41, 5.74) is 0. The van der Waals surface area contributed by atoms with Crippen LogP contribution in [0.4, 0.5) is 0 Å². The number of aliphatic hydroxyl groups is 2. The smallest absolute Gasteiger partial charge is 0.0933 e. The summed E-state index contributed by atoms with van der Waals surface area (Å²) >= 11 is 5.93. The number of aliphatic hydroxyl groups excluding tert-OH is 2. The molecule has 0 aromatic rings. The summed E-state index contributed by atoms with van der Waals surface area (Å²) in [6, 6.07) is 0. The molecule has 18 heavy (non-hydrogen) atoms. The molecule has 0 heterocycles. The van der Waals surface area contributed by atoms with Crippen LogP contribution in [0.2, 0.25) is 0 Å². The summed E-state index contributed by atoms with van der Waals surface area (Å²) in [5, 5.41) is 17.7. The molecule has 0 aliphatic carbocycles. The zero-order chi connectivity index (χ0) is 13.6. The molecule has 0 radical (unpaired) electrons. The number of alkyl halides is 1. The number of hydrogen-bond acceptors (Lipinski definition) is 2. The predicted molar refractivity (Wildman–Crippen MR) is 79.2 cm³/mol. The summed E-state index contributed by atoms with van der Waals surface area (Å²) in [6.45, 7) is 2.02. The van der Waals surface area contributed by atoms with E-state index in [1.807, 2.05) is 0 Å². The molecular formula is C15H31ClO2. The van der Waals surface area contributed by atoms with Gasteiger partial charge in [-0.2, -0.15) is 0 Å². The predicted octanol–water partition coefficient (Wildman–Crippen LogP) is 4.26. The average molecular weight is 279 g/mol. The van der Waals surface area contributed by atoms with Crippen molar-refractivity contribution in [3.05, 3.63) is 0 Å². The molecule has 0 aromatic carbocycles. The highest BCUT2D eigenvalue weighted by molar-refractivity contribution is 6.21. The van der Waals surface area contributed by atoms with Gasteiger partial charge in [0.15, 0.2) is 0 Å². The van der Waals surface area contributed by atoms with E-state index in [0.29, 0.717) is 0 Å². The molecule has 0 saturated carbocycles. The van der Waals surface area contributed by atoms with Crippen molar-refractivity contribution in [2.45, 2.75) is 89.0 Å². The summed E-state index contributed by atoms with van der Waals surface area (Å²) in [7, 11) is 0. The Kier molecular flexibility index (Phi) is 13.8. The number of hydrogen-bond donors (Lipinski definition) is 2. The molecule has 0 spiro atoms. The molecule has 2 unspecified atom stereocenters. The topological polar surface area (TPSA) is 40.5 Å². The Hall–Kier alpha value is 0.210. The van der Waals surface area contributed by atoms with Crippen LogP contribution in [0.3, 0.4) is 0 Å². The second kappa shape index (κ2) is 13.6. The third kappa shape index (κ3) is 11.3. The first kappa shape index (κ1) is 18.2. The van der Waals surface area contributed by atoms with Crippen LogP contribution in [0.5, 0.6) is 0 Å². The number of halogens is 1. The molecule has 2 nitrogen and oxygen atoms in total. The van der Waals surface area contributed by atoms with Crippen molar-refractivity contribution in [1.82, 2.24) is 0 Å². The van der Waals surface area contributed by atoms with Gasteiger partial charge in [-0.1, -0.05) is 71.1 Å². The third-order valence-electron chi connectivity index (χ3n) is 3.44. The highest BCUT2D eigenvalue weighted by Crippen LogP contribution is 2.15. The molecular weight excluding hydrogens is 248 g/mol. The minimum Gasteiger partial charge on any atom is -0.394 e. The Balaban J connectivity index is 3.11. The fourth-order valence-corrected chi connectivity index (χ4v) is 2.37. The van der Waals surface area contributed by atoms with Crippen LogP contribution in [0.25, 0.3) is 0 Å². The van der Waals surface area contributed by atoms with Crippen LogP contribution < -0.4 is 0 Å². The minimum atomic E-state index is -0.759. The van der Waals surface area contributed by atoms with Crippen molar-refractivity contribution in [3.8, 4) is 0 Å². The van der Waals surface area contributed by atoms with Crippen molar-refractivity contribution in [3.63, 3.8) is 0 Å². The molecule has 0 amide bonds. The van der Waals surface area contributed by atoms with Gasteiger partial charge in [0.1, 0.15) is 0 Å². The molecule has 0 fully saturated rings. The number of unbranched alkanes of at least 4 members (excludes halogenated alkanes) is 9. The lowest BCUT2D eigenvalue weighted by Crippen LogP contribution is -2.24. The zero-order valence-corrected chi connectivity index (χ0v) is 12.7. The lowest BCUT2D eigenvalue weighted by molar-refractivity contribution is 0.0890. The first-order valence-corrected chi connectivity index (χ1v) is 8.09. The molecule has 0 aromatic heterocycles. The van der Waals surface area contributed by atoms with Crippen molar-refractivity contribution in [2.75, 3.05) is 6.61 Å². The molecule has 0 aliphatic heterocycles. The highest BCUT2D eigenvalue weighted by atomic mass is 35.5. The molecule has 0 bridgehead atoms.